The van der Waals surface area contributed by atoms with Gasteiger partial charge in [0.25, 0.3) is 0 Å². The second-order valence-corrected chi connectivity index (χ2v) is 32.6. The van der Waals surface area contributed by atoms with E-state index in [4.69, 9.17) is 16.2 Å². The van der Waals surface area contributed by atoms with E-state index < -0.39 is 16.8 Å². The van der Waals surface area contributed by atoms with Gasteiger partial charge < -0.3 is 46.6 Å². The number of methoxy groups -OCH3 is 1. The number of rotatable bonds is 11. The topological polar surface area (TPSA) is 166 Å². The summed E-state index contributed by atoms with van der Waals surface area (Å²) < 4.78 is 5.16. The van der Waals surface area contributed by atoms with E-state index in [-0.39, 0.29) is 53.2 Å². The Morgan fingerprint density at radius 2 is 0.833 bits per heavy atom. The fourth-order valence-electron chi connectivity index (χ4n) is 9.07. The van der Waals surface area contributed by atoms with Crippen molar-refractivity contribution in [3.63, 3.8) is 0 Å². The van der Waals surface area contributed by atoms with Crippen molar-refractivity contribution in [1.82, 2.24) is 4.90 Å². The first-order chi connectivity index (χ1) is 28.3. The number of nitrogens with two attached hydrogens (primary N) is 2. The molecule has 0 aliphatic heterocycles. The third kappa shape index (κ3) is 19.6. The number of aliphatic hydroxyl groups is 3. The Hall–Kier alpha value is 1.20. The second-order valence-electron chi connectivity index (χ2n) is 16.4. The van der Waals surface area contributed by atoms with Crippen molar-refractivity contribution in [2.75, 3.05) is 40.8 Å². The number of likely N-dealkylation sites (N-methyl/N-ethyl adjacent to an activating group) is 1. The summed E-state index contributed by atoms with van der Waals surface area (Å²) in [4.78, 5) is 2.13. The van der Waals surface area contributed by atoms with Crippen molar-refractivity contribution in [3.05, 3.63) is 89.5 Å². The molecule has 3 unspecified atom stereocenters. The number of nitrogens with zero attached hydrogens (tertiary/aromatic N) is 1. The van der Waals surface area contributed by atoms with Gasteiger partial charge in [0.2, 0.25) is 0 Å². The predicted molar refractivity (Wildman–Crippen MR) is 290 cm³/mol. The van der Waals surface area contributed by atoms with E-state index in [2.05, 4.69) is 79.4 Å². The van der Waals surface area contributed by atoms with Crippen LogP contribution in [0.2, 0.25) is 0 Å². The zero-order chi connectivity index (χ0) is 43.9. The van der Waals surface area contributed by atoms with Gasteiger partial charge in [-0.2, -0.15) is 0 Å². The molecule has 3 aromatic carbocycles. The van der Waals surface area contributed by atoms with E-state index in [0.29, 0.717) is 26.3 Å². The SMILES string of the molecule is CN(C)CC(c1ccc(O)cc1)C1(O)CCCCC1.COc1ccc(C(CN)C2(O)CCCCC2)cc1.I.II.I[I-]I.NCC(c1ccc(O)cc1)C1(O)CCCCC1. The molecule has 6 rings (SSSR count). The minimum absolute atomic E-state index is 0. The van der Waals surface area contributed by atoms with Gasteiger partial charge in [0.15, 0.2) is 0 Å². The van der Waals surface area contributed by atoms with Crippen LogP contribution in [-0.4, -0.2) is 88.1 Å². The summed E-state index contributed by atoms with van der Waals surface area (Å²) in [7, 11) is 5.74. The van der Waals surface area contributed by atoms with E-state index >= 15 is 0 Å². The molecule has 60 heavy (non-hydrogen) atoms. The van der Waals surface area contributed by atoms with Crippen LogP contribution in [0.5, 0.6) is 17.2 Å². The summed E-state index contributed by atoms with van der Waals surface area (Å²) in [5.41, 5.74) is 13.1. The summed E-state index contributed by atoms with van der Waals surface area (Å²) in [6, 6.07) is 22.2. The summed E-state index contributed by atoms with van der Waals surface area (Å²) in [6.45, 7) is 1.77. The van der Waals surface area contributed by atoms with Crippen LogP contribution >= 0.6 is 98.4 Å². The Kier molecular flexibility index (Phi) is 31.6. The van der Waals surface area contributed by atoms with Crippen molar-refractivity contribution in [1.29, 1.82) is 0 Å². The molecule has 344 valence electrons. The molecule has 0 bridgehead atoms. The normalized spacial score (nSPS) is 19.0. The van der Waals surface area contributed by atoms with Gasteiger partial charge in [0, 0.05) is 74.6 Å². The smallest absolute Gasteiger partial charge is 0.115 e. The van der Waals surface area contributed by atoms with E-state index in [1.54, 1.807) is 31.4 Å². The molecule has 3 aliphatic rings. The summed E-state index contributed by atoms with van der Waals surface area (Å²) >= 11 is 9.54. The molecule has 9 nitrogen and oxygen atoms in total. The molecular formula is C45H70I6N3O6-. The third-order valence-electron chi connectivity index (χ3n) is 12.2. The first-order valence-electron chi connectivity index (χ1n) is 20.7. The molecule has 0 radical (unpaired) electrons. The maximum atomic E-state index is 11.0. The Morgan fingerprint density at radius 3 is 1.10 bits per heavy atom. The quantitative estimate of drug-likeness (QED) is 0.0934. The molecule has 0 saturated heterocycles. The monoisotopic (exact) mass is 1510 g/mol. The van der Waals surface area contributed by atoms with Crippen LogP contribution in [0, 0.1) is 0 Å². The summed E-state index contributed by atoms with van der Waals surface area (Å²) in [5.74, 6) is 1.49. The van der Waals surface area contributed by atoms with E-state index in [0.717, 1.165) is 106 Å². The van der Waals surface area contributed by atoms with Crippen LogP contribution in [-0.2, 0) is 0 Å². The first kappa shape index (κ1) is 59.2. The summed E-state index contributed by atoms with van der Waals surface area (Å²) in [6.07, 6.45) is 15.4. The number of phenols is 2. The van der Waals surface area contributed by atoms with Gasteiger partial charge in [-0.05, 0) is 106 Å². The van der Waals surface area contributed by atoms with Gasteiger partial charge in [-0.3, -0.25) is 0 Å². The maximum Gasteiger partial charge on any atom is 0.115 e. The van der Waals surface area contributed by atoms with Crippen molar-refractivity contribution in [2.45, 2.75) is 131 Å². The number of halogens is 6. The average molecular weight is 1510 g/mol. The van der Waals surface area contributed by atoms with Gasteiger partial charge in [0.1, 0.15) is 17.2 Å². The molecule has 0 heterocycles. The maximum absolute atomic E-state index is 11.0. The van der Waals surface area contributed by atoms with Crippen LogP contribution in [0.3, 0.4) is 0 Å². The Bertz CT molecular complexity index is 1520. The standard InChI is InChI=1S/C16H25NO2.C15H23NO2.C14H21NO2.I3.I2.HI/c1-17(2)12-15(13-6-8-14(18)9-7-13)16(19)10-4-3-5-11-16;1-18-13-7-5-12(6-8-13)14(11-16)15(17)9-3-2-4-10-15;15-10-13(11-4-6-12(16)7-5-11)14(17)8-2-1-3-9-14;1-3-2;1-2;/h6-9,15,18-19H,3-5,10-12H2,1-2H3;5-8,14,17H,2-4,9-11,16H2,1H3;4-7,13,16-17H,1-3,8-10,15H2;;;1H/q;;;-1;;. The van der Waals surface area contributed by atoms with Crippen LogP contribution in [0.25, 0.3) is 0 Å². The fraction of sp³-hybridized carbons (Fsp3) is 0.600. The minimum Gasteiger partial charge on any atom is -0.508 e. The van der Waals surface area contributed by atoms with Crippen LogP contribution in [0.1, 0.15) is 131 Å². The van der Waals surface area contributed by atoms with E-state index in [9.17, 15) is 25.5 Å². The number of aromatic hydroxyl groups is 2. The molecule has 0 spiro atoms. The Morgan fingerprint density at radius 1 is 0.567 bits per heavy atom. The fourth-order valence-corrected chi connectivity index (χ4v) is 9.07. The number of phenolic OH excluding ortho intramolecular Hbond substituents is 2. The van der Waals surface area contributed by atoms with Gasteiger partial charge >= 0.3 is 50.5 Å². The zero-order valence-electron chi connectivity index (χ0n) is 35.4. The molecule has 3 saturated carbocycles. The number of benzene rings is 3. The molecule has 3 aromatic rings. The number of hydrogen-bond acceptors (Lipinski definition) is 9. The molecular weight excluding hydrogens is 1440 g/mol. The van der Waals surface area contributed by atoms with Crippen LogP contribution in [0.4, 0.5) is 0 Å². The molecule has 0 aromatic heterocycles. The van der Waals surface area contributed by atoms with Crippen molar-refractivity contribution < 1.29 is 43.5 Å². The van der Waals surface area contributed by atoms with Gasteiger partial charge in [-0.25, -0.2) is 0 Å². The number of hydrogen-bond donors (Lipinski definition) is 7. The molecule has 3 aliphatic carbocycles. The molecule has 3 fully saturated rings. The molecule has 3 atom stereocenters. The predicted octanol–water partition coefficient (Wildman–Crippen LogP) is 8.46. The van der Waals surface area contributed by atoms with Gasteiger partial charge in [0.05, 0.1) is 23.9 Å². The number of ether oxygens (including phenoxy) is 1. The van der Waals surface area contributed by atoms with Crippen LogP contribution in [0.15, 0.2) is 72.8 Å². The third-order valence-corrected chi connectivity index (χ3v) is 12.2. The minimum atomic E-state index is -0.663. The van der Waals surface area contributed by atoms with Gasteiger partial charge in [-0.15, -0.1) is 24.0 Å². The van der Waals surface area contributed by atoms with E-state index in [1.165, 1.54) is 19.3 Å². The van der Waals surface area contributed by atoms with E-state index in [1.807, 2.05) is 62.6 Å². The molecule has 0 amide bonds. The zero-order valence-corrected chi connectivity index (χ0v) is 48.6. The largest absolute Gasteiger partial charge is 0.508 e. The Labute approximate surface area is 431 Å². The average Bonchev–Trinajstić information content (AvgIpc) is 3.24. The second kappa shape index (κ2) is 32.0. The van der Waals surface area contributed by atoms with Crippen molar-refractivity contribution >= 4 is 98.4 Å². The van der Waals surface area contributed by atoms with Crippen molar-refractivity contribution in [2.24, 2.45) is 11.5 Å². The van der Waals surface area contributed by atoms with Crippen molar-refractivity contribution in [3.8, 4) is 17.2 Å². The van der Waals surface area contributed by atoms with Crippen LogP contribution < -0.4 is 29.5 Å². The summed E-state index contributed by atoms with van der Waals surface area (Å²) in [5, 5.41) is 51.2. The molecule has 9 N–H and O–H groups in total. The molecule has 15 heteroatoms. The Balaban J connectivity index is 0.000000423. The first-order valence-corrected chi connectivity index (χ1v) is 39.6. The van der Waals surface area contributed by atoms with Gasteiger partial charge in [-0.1, -0.05) is 94.2 Å².